The second-order valence-corrected chi connectivity index (χ2v) is 9.18. The van der Waals surface area contributed by atoms with Crippen molar-refractivity contribution in [1.82, 2.24) is 4.72 Å². The lowest BCUT2D eigenvalue weighted by Gasteiger charge is -2.23. The molecule has 3 aromatic carbocycles. The average molecular weight is 399 g/mol. The molecule has 0 radical (unpaired) electrons. The smallest absolute Gasteiger partial charge is 0.241 e. The first-order valence-corrected chi connectivity index (χ1v) is 10.8. The lowest BCUT2D eigenvalue weighted by molar-refractivity contribution is -0.890. The second kappa shape index (κ2) is 8.31. The molecule has 3 aromatic rings. The number of rotatable bonds is 7. The third kappa shape index (κ3) is 4.35. The molecule has 0 aliphatic carbocycles. The van der Waals surface area contributed by atoms with E-state index in [1.165, 1.54) is 4.90 Å². The third-order valence-corrected chi connectivity index (χ3v) is 6.51. The van der Waals surface area contributed by atoms with Crippen molar-refractivity contribution >= 4 is 26.5 Å². The largest absolute Gasteiger partial charge is 0.378 e. The molecule has 0 spiro atoms. The van der Waals surface area contributed by atoms with Gasteiger partial charge in [-0.15, -0.1) is 0 Å². The molecule has 0 saturated carbocycles. The maximum atomic E-state index is 13.0. The number of likely N-dealkylation sites (N-methyl/N-ethyl adjacent to an activating group) is 1. The van der Waals surface area contributed by atoms with Gasteiger partial charge >= 0.3 is 0 Å². The zero-order chi connectivity index (χ0) is 20.3. The summed E-state index contributed by atoms with van der Waals surface area (Å²) in [7, 11) is 4.46. The molecule has 0 fully saturated rings. The maximum Gasteiger partial charge on any atom is 0.241 e. The van der Waals surface area contributed by atoms with E-state index in [4.69, 9.17) is 0 Å². The van der Waals surface area contributed by atoms with E-state index < -0.39 is 10.0 Å². The summed E-state index contributed by atoms with van der Waals surface area (Å²) in [6, 6.07) is 21.2. The number of fused-ring (bicyclic) bond motifs is 1. The first-order chi connectivity index (χ1) is 13.3. The first-order valence-electron chi connectivity index (χ1n) is 9.34. The third-order valence-electron chi connectivity index (χ3n) is 5.03. The van der Waals surface area contributed by atoms with Crippen molar-refractivity contribution in [2.24, 2.45) is 0 Å². The molecule has 0 aliphatic heterocycles. The Morgan fingerprint density at radius 3 is 2.21 bits per heavy atom. The molecular weight excluding hydrogens is 370 g/mol. The SMILES string of the molecule is CN(C)c1ccc([C@H](CNS(=O)(=O)c2cccc3ccccc23)[NH+](C)C)cc1. The van der Waals surface area contributed by atoms with Crippen molar-refractivity contribution in [3.63, 3.8) is 0 Å². The summed E-state index contributed by atoms with van der Waals surface area (Å²) in [5.41, 5.74) is 2.22. The highest BCUT2D eigenvalue weighted by molar-refractivity contribution is 7.89. The van der Waals surface area contributed by atoms with Gasteiger partial charge in [0.25, 0.3) is 0 Å². The first kappa shape index (κ1) is 20.3. The summed E-state index contributed by atoms with van der Waals surface area (Å²) < 4.78 is 28.9. The van der Waals surface area contributed by atoms with Gasteiger partial charge in [-0.2, -0.15) is 0 Å². The molecule has 28 heavy (non-hydrogen) atoms. The van der Waals surface area contributed by atoms with E-state index in [1.807, 2.05) is 63.4 Å². The van der Waals surface area contributed by atoms with Crippen LogP contribution in [0.5, 0.6) is 0 Å². The van der Waals surface area contributed by atoms with E-state index in [9.17, 15) is 8.42 Å². The maximum absolute atomic E-state index is 13.0. The van der Waals surface area contributed by atoms with Gasteiger partial charge in [0.1, 0.15) is 6.04 Å². The monoisotopic (exact) mass is 398 g/mol. The molecule has 0 saturated heterocycles. The summed E-state index contributed by atoms with van der Waals surface area (Å²) in [6.45, 7) is 0.329. The van der Waals surface area contributed by atoms with E-state index in [1.54, 1.807) is 12.1 Å². The topological polar surface area (TPSA) is 53.9 Å². The number of hydrogen-bond donors (Lipinski definition) is 2. The number of benzene rings is 3. The van der Waals surface area contributed by atoms with Crippen molar-refractivity contribution in [2.45, 2.75) is 10.9 Å². The standard InChI is InChI=1S/C22H27N3O2S/c1-24(2)19-14-12-18(13-15-19)21(25(3)4)16-23-28(26,27)22-11-7-9-17-8-5-6-10-20(17)22/h5-15,21,23H,16H2,1-4H3/p+1/t21-/m0/s1. The number of hydrogen-bond acceptors (Lipinski definition) is 3. The van der Waals surface area contributed by atoms with Crippen LogP contribution in [0.4, 0.5) is 5.69 Å². The quantitative estimate of drug-likeness (QED) is 0.641. The molecule has 2 N–H and O–H groups in total. The van der Waals surface area contributed by atoms with Crippen LogP contribution < -0.4 is 14.5 Å². The Morgan fingerprint density at radius 1 is 0.929 bits per heavy atom. The Bertz CT molecular complexity index is 1040. The summed E-state index contributed by atoms with van der Waals surface area (Å²) in [5, 5.41) is 1.65. The molecule has 0 aromatic heterocycles. The molecule has 0 unspecified atom stereocenters. The van der Waals surface area contributed by atoms with E-state index >= 15 is 0 Å². The van der Waals surface area contributed by atoms with Gasteiger partial charge in [0.15, 0.2) is 0 Å². The molecule has 148 valence electrons. The van der Waals surface area contributed by atoms with E-state index in [0.29, 0.717) is 11.4 Å². The molecule has 3 rings (SSSR count). The Kier molecular flexibility index (Phi) is 6.03. The Labute approximate surface area is 167 Å². The van der Waals surface area contributed by atoms with Gasteiger partial charge in [-0.05, 0) is 23.6 Å². The lowest BCUT2D eigenvalue weighted by atomic mass is 10.1. The molecule has 6 heteroatoms. The number of sulfonamides is 1. The molecule has 0 bridgehead atoms. The van der Waals surface area contributed by atoms with Crippen LogP contribution in [0.1, 0.15) is 11.6 Å². The van der Waals surface area contributed by atoms with Crippen LogP contribution in [-0.2, 0) is 10.0 Å². The highest BCUT2D eigenvalue weighted by Gasteiger charge is 2.23. The molecule has 0 aliphatic rings. The highest BCUT2D eigenvalue weighted by Crippen LogP contribution is 2.23. The fourth-order valence-corrected chi connectivity index (χ4v) is 4.64. The van der Waals surface area contributed by atoms with Crippen LogP contribution in [0.3, 0.4) is 0 Å². The van der Waals surface area contributed by atoms with Crippen LogP contribution in [0.25, 0.3) is 10.8 Å². The van der Waals surface area contributed by atoms with Gasteiger partial charge in [-0.3, -0.25) is 0 Å². The molecule has 5 nitrogen and oxygen atoms in total. The van der Waals surface area contributed by atoms with Crippen molar-refractivity contribution < 1.29 is 13.3 Å². The summed E-state index contributed by atoms with van der Waals surface area (Å²) in [4.78, 5) is 3.53. The van der Waals surface area contributed by atoms with Gasteiger partial charge in [0, 0.05) is 30.7 Å². The number of anilines is 1. The lowest BCUT2D eigenvalue weighted by Crippen LogP contribution is -3.07. The zero-order valence-electron chi connectivity index (χ0n) is 16.8. The minimum absolute atomic E-state index is 0.0148. The number of nitrogens with zero attached hydrogens (tertiary/aromatic N) is 1. The summed E-state index contributed by atoms with van der Waals surface area (Å²) in [5.74, 6) is 0. The zero-order valence-corrected chi connectivity index (χ0v) is 17.6. The molecule has 0 amide bonds. The predicted octanol–water partition coefficient (Wildman–Crippen LogP) is 2.07. The van der Waals surface area contributed by atoms with Crippen molar-refractivity contribution in [2.75, 3.05) is 39.6 Å². The van der Waals surface area contributed by atoms with Crippen LogP contribution in [0, 0.1) is 0 Å². The molecule has 1 atom stereocenters. The highest BCUT2D eigenvalue weighted by atomic mass is 32.2. The van der Waals surface area contributed by atoms with Crippen LogP contribution in [-0.4, -0.2) is 43.2 Å². The van der Waals surface area contributed by atoms with Gasteiger partial charge in [-0.25, -0.2) is 13.1 Å². The van der Waals surface area contributed by atoms with Crippen LogP contribution in [0.15, 0.2) is 71.6 Å². The fourth-order valence-electron chi connectivity index (χ4n) is 3.36. The fraction of sp³-hybridized carbons (Fsp3) is 0.273. The average Bonchev–Trinajstić information content (AvgIpc) is 2.67. The summed E-state index contributed by atoms with van der Waals surface area (Å²) >= 11 is 0. The summed E-state index contributed by atoms with van der Waals surface area (Å²) in [6.07, 6.45) is 0. The van der Waals surface area contributed by atoms with Crippen molar-refractivity contribution in [3.05, 3.63) is 72.3 Å². The molecular formula is C22H28N3O2S+. The predicted molar refractivity (Wildman–Crippen MR) is 115 cm³/mol. The molecule has 0 heterocycles. The van der Waals surface area contributed by atoms with Gasteiger partial charge in [0.2, 0.25) is 10.0 Å². The Morgan fingerprint density at radius 2 is 1.57 bits per heavy atom. The van der Waals surface area contributed by atoms with Gasteiger partial charge < -0.3 is 9.80 Å². The van der Waals surface area contributed by atoms with E-state index in [-0.39, 0.29) is 6.04 Å². The van der Waals surface area contributed by atoms with Crippen molar-refractivity contribution in [1.29, 1.82) is 0 Å². The normalized spacial score (nSPS) is 13.0. The van der Waals surface area contributed by atoms with Crippen LogP contribution >= 0.6 is 0 Å². The minimum atomic E-state index is -3.62. The van der Waals surface area contributed by atoms with E-state index in [0.717, 1.165) is 22.0 Å². The second-order valence-electron chi connectivity index (χ2n) is 7.45. The van der Waals surface area contributed by atoms with Crippen molar-refractivity contribution in [3.8, 4) is 0 Å². The number of quaternary nitrogens is 1. The Hall–Kier alpha value is -2.41. The number of nitrogens with one attached hydrogen (secondary N) is 2. The van der Waals surface area contributed by atoms with Gasteiger partial charge in [0.05, 0.1) is 25.5 Å². The van der Waals surface area contributed by atoms with Crippen LogP contribution in [0.2, 0.25) is 0 Å². The Balaban J connectivity index is 1.84. The van der Waals surface area contributed by atoms with E-state index in [2.05, 4.69) is 29.0 Å². The van der Waals surface area contributed by atoms with Gasteiger partial charge in [-0.1, -0.05) is 48.5 Å². The minimum Gasteiger partial charge on any atom is -0.378 e.